The fourth-order valence-corrected chi connectivity index (χ4v) is 63.2. The molecule has 3 heterocycles. The van der Waals surface area contributed by atoms with Gasteiger partial charge in [0.1, 0.15) is 0 Å². The SMILES string of the molecule is C[C](C)(C)[Ge]12[O][Si](c3ccccc3)(c3ccccc3)[O][Ge]([C](C)(C)C)([O][Si](c3ccccc3)(c3ccccc3)[O]1)[O][Si](c1ccccc1)(c1ccccc1)[O]2. The third-order valence-corrected chi connectivity index (χ3v) is 49.0. The molecule has 11 heteroatoms. The predicted octanol–water partition coefficient (Wildman–Crippen LogP) is 6.36. The van der Waals surface area contributed by atoms with Crippen molar-refractivity contribution >= 4 is 85.4 Å². The van der Waals surface area contributed by atoms with Gasteiger partial charge in [-0.2, -0.15) is 0 Å². The minimum absolute atomic E-state index is 0.659. The van der Waals surface area contributed by atoms with E-state index in [1.807, 2.05) is 36.4 Å². The number of rotatable bonds is 6. The molecule has 3 saturated heterocycles. The molecule has 3 aliphatic heterocycles. The molecule has 0 saturated carbocycles. The molecule has 55 heavy (non-hydrogen) atoms. The van der Waals surface area contributed by atoms with Gasteiger partial charge < -0.3 is 0 Å². The van der Waals surface area contributed by atoms with Crippen LogP contribution in [-0.2, 0) is 20.7 Å². The van der Waals surface area contributed by atoms with Gasteiger partial charge in [-0.25, -0.2) is 0 Å². The van der Waals surface area contributed by atoms with Gasteiger partial charge in [0, 0.05) is 0 Å². The summed E-state index contributed by atoms with van der Waals surface area (Å²) in [5.41, 5.74) is 0. The van der Waals surface area contributed by atoms with Crippen LogP contribution in [0.2, 0.25) is 8.49 Å². The molecule has 0 atom stereocenters. The van der Waals surface area contributed by atoms with Crippen molar-refractivity contribution in [2.24, 2.45) is 0 Å². The zero-order chi connectivity index (χ0) is 38.4. The van der Waals surface area contributed by atoms with E-state index in [9.17, 15) is 0 Å². The molecule has 3 aliphatic rings. The van der Waals surface area contributed by atoms with Gasteiger partial charge in [-0.3, -0.25) is 0 Å². The maximum absolute atomic E-state index is 8.31. The standard InChI is InChI=1S/C44H48Ge2O6Si3/c1-43(2,3)45-47-53(37-25-13-7-14-26-37,38-27-15-8-16-28-38)50-46(44(4,5)6,51-54(48-45,39-29-17-9-18-30-39)40-31-19-10-20-32-40)52-55(49-45,41-33-21-11-22-34-41)42-35-23-12-24-36-42/h7-36H,1-6H3. The van der Waals surface area contributed by atoms with E-state index >= 15 is 0 Å². The monoisotopic (exact) mass is 904 g/mol. The van der Waals surface area contributed by atoms with Crippen molar-refractivity contribution in [1.82, 2.24) is 0 Å². The van der Waals surface area contributed by atoms with Crippen molar-refractivity contribution in [2.45, 2.75) is 50.0 Å². The maximum atomic E-state index is 8.31. The normalized spacial score (nSPS) is 23.2. The second kappa shape index (κ2) is 14.6. The molecule has 280 valence electrons. The summed E-state index contributed by atoms with van der Waals surface area (Å²) in [6.07, 6.45) is 0. The summed E-state index contributed by atoms with van der Waals surface area (Å²) in [5.74, 6) is 0. The van der Waals surface area contributed by atoms with Crippen LogP contribution in [0.5, 0.6) is 0 Å². The Bertz CT molecular complexity index is 1810. The summed E-state index contributed by atoms with van der Waals surface area (Å²) >= 11 is -10.0. The van der Waals surface area contributed by atoms with E-state index in [1.54, 1.807) is 0 Å². The summed E-state index contributed by atoms with van der Waals surface area (Å²) in [4.78, 5) is 0. The molecule has 6 nitrogen and oxygen atoms in total. The fourth-order valence-electron chi connectivity index (χ4n) is 7.39. The topological polar surface area (TPSA) is 55.4 Å². The Morgan fingerprint density at radius 1 is 0.273 bits per heavy atom. The van der Waals surface area contributed by atoms with E-state index in [1.165, 1.54) is 0 Å². The second-order valence-electron chi connectivity index (χ2n) is 16.3. The van der Waals surface area contributed by atoms with Gasteiger partial charge in [-0.1, -0.05) is 0 Å². The molecular weight excluding hydrogens is 854 g/mol. The van der Waals surface area contributed by atoms with Crippen LogP contribution < -0.4 is 31.1 Å². The molecule has 2 bridgehead atoms. The molecule has 0 spiro atoms. The third kappa shape index (κ3) is 6.66. The third-order valence-electron chi connectivity index (χ3n) is 10.4. The van der Waals surface area contributed by atoms with Gasteiger partial charge >= 0.3 is 338 Å². The summed E-state index contributed by atoms with van der Waals surface area (Å²) in [6, 6.07) is 62.5. The van der Waals surface area contributed by atoms with E-state index in [4.69, 9.17) is 20.7 Å². The van der Waals surface area contributed by atoms with Gasteiger partial charge in [0.25, 0.3) is 0 Å². The van der Waals surface area contributed by atoms with E-state index in [0.717, 1.165) is 31.1 Å². The van der Waals surface area contributed by atoms with Crippen molar-refractivity contribution in [2.75, 3.05) is 0 Å². The first-order valence-electron chi connectivity index (χ1n) is 18.9. The summed E-state index contributed by atoms with van der Waals surface area (Å²) in [5, 5.41) is 5.76. The molecule has 6 aromatic rings. The van der Waals surface area contributed by atoms with Crippen LogP contribution in [0.3, 0.4) is 0 Å². The molecule has 0 N–H and O–H groups in total. The molecule has 3 fully saturated rings. The zero-order valence-electron chi connectivity index (χ0n) is 32.3. The Balaban J connectivity index is 1.57. The van der Waals surface area contributed by atoms with Gasteiger partial charge in [-0.05, 0) is 0 Å². The van der Waals surface area contributed by atoms with Gasteiger partial charge in [0.2, 0.25) is 0 Å². The Morgan fingerprint density at radius 2 is 0.418 bits per heavy atom. The fraction of sp³-hybridized carbons (Fsp3) is 0.182. The summed E-state index contributed by atoms with van der Waals surface area (Å²) < 4.78 is 48.5. The Hall–Kier alpha value is -3.18. The van der Waals surface area contributed by atoms with E-state index in [0.29, 0.717) is 0 Å². The first kappa shape index (κ1) is 38.7. The van der Waals surface area contributed by atoms with Crippen molar-refractivity contribution in [3.8, 4) is 0 Å². The summed E-state index contributed by atoms with van der Waals surface area (Å²) in [6.45, 7) is 13.2. The van der Waals surface area contributed by atoms with Gasteiger partial charge in [0.15, 0.2) is 0 Å². The molecular formula is C44H48Ge2O6Si3. The van der Waals surface area contributed by atoms with Gasteiger partial charge in [0.05, 0.1) is 0 Å². The quantitative estimate of drug-likeness (QED) is 0.182. The molecule has 0 radical (unpaired) electrons. The van der Waals surface area contributed by atoms with Crippen LogP contribution in [0.4, 0.5) is 0 Å². The van der Waals surface area contributed by atoms with Gasteiger partial charge in [-0.15, -0.1) is 0 Å². The first-order valence-corrected chi connectivity index (χ1v) is 31.6. The number of hydrogen-bond donors (Lipinski definition) is 0. The summed E-state index contributed by atoms with van der Waals surface area (Å²) in [7, 11) is -11.4. The minimum atomic E-state index is -5.02. The molecule has 6 aromatic carbocycles. The van der Waals surface area contributed by atoms with E-state index < -0.39 is 62.7 Å². The van der Waals surface area contributed by atoms with E-state index in [-0.39, 0.29) is 0 Å². The van der Waals surface area contributed by atoms with Crippen molar-refractivity contribution in [1.29, 1.82) is 0 Å². The second-order valence-corrected chi connectivity index (χ2v) is 43.3. The van der Waals surface area contributed by atoms with Crippen LogP contribution in [0.25, 0.3) is 0 Å². The first-order chi connectivity index (χ1) is 26.4. The Kier molecular flexibility index (Phi) is 10.3. The van der Waals surface area contributed by atoms with E-state index in [2.05, 4.69) is 187 Å². The van der Waals surface area contributed by atoms with Crippen molar-refractivity contribution in [3.63, 3.8) is 0 Å². The Labute approximate surface area is 335 Å². The molecule has 0 amide bonds. The van der Waals surface area contributed by atoms with Crippen LogP contribution in [-0.4, -0.2) is 54.2 Å². The number of benzene rings is 6. The molecule has 0 aromatic heterocycles. The molecule has 0 unspecified atom stereocenters. The predicted molar refractivity (Wildman–Crippen MR) is 231 cm³/mol. The average Bonchev–Trinajstić information content (AvgIpc) is 3.19. The average molecular weight is 902 g/mol. The van der Waals surface area contributed by atoms with Crippen molar-refractivity contribution in [3.05, 3.63) is 182 Å². The van der Waals surface area contributed by atoms with Crippen LogP contribution in [0.15, 0.2) is 182 Å². The Morgan fingerprint density at radius 3 is 0.545 bits per heavy atom. The van der Waals surface area contributed by atoms with Crippen LogP contribution >= 0.6 is 0 Å². The molecule has 0 aliphatic carbocycles. The number of fused-ring (bicyclic) bond motifs is 6. The van der Waals surface area contributed by atoms with Crippen LogP contribution in [0, 0.1) is 0 Å². The van der Waals surface area contributed by atoms with Crippen LogP contribution in [0.1, 0.15) is 41.5 Å². The molecule has 9 rings (SSSR count). The number of hydrogen-bond acceptors (Lipinski definition) is 6. The van der Waals surface area contributed by atoms with Crippen molar-refractivity contribution < 1.29 is 20.7 Å². The zero-order valence-corrected chi connectivity index (χ0v) is 39.5.